The van der Waals surface area contributed by atoms with Crippen LogP contribution in [-0.4, -0.2) is 25.6 Å². The molecule has 24 heavy (non-hydrogen) atoms. The van der Waals surface area contributed by atoms with Crippen molar-refractivity contribution in [3.8, 4) is 5.75 Å². The van der Waals surface area contributed by atoms with Gasteiger partial charge in [0.15, 0.2) is 6.61 Å². The van der Waals surface area contributed by atoms with Gasteiger partial charge in [0.1, 0.15) is 5.75 Å². The minimum Gasteiger partial charge on any atom is -0.482 e. The highest BCUT2D eigenvalue weighted by Gasteiger charge is 2.14. The van der Waals surface area contributed by atoms with Gasteiger partial charge in [0.25, 0.3) is 5.91 Å². The first kappa shape index (κ1) is 18.1. The van der Waals surface area contributed by atoms with Crippen molar-refractivity contribution in [2.24, 2.45) is 0 Å². The summed E-state index contributed by atoms with van der Waals surface area (Å²) in [6, 6.07) is 9.76. The third-order valence-corrected chi connectivity index (χ3v) is 3.65. The molecule has 0 saturated heterocycles. The molecule has 0 heterocycles. The van der Waals surface area contributed by atoms with E-state index in [1.807, 2.05) is 0 Å². The van der Waals surface area contributed by atoms with E-state index in [9.17, 15) is 9.59 Å². The summed E-state index contributed by atoms with van der Waals surface area (Å²) < 4.78 is 10.1. The molecule has 0 saturated carbocycles. The van der Waals surface area contributed by atoms with E-state index in [1.165, 1.54) is 13.2 Å². The summed E-state index contributed by atoms with van der Waals surface area (Å²) in [5, 5.41) is 3.42. The zero-order chi connectivity index (χ0) is 17.7. The topological polar surface area (TPSA) is 64.6 Å². The van der Waals surface area contributed by atoms with Crippen molar-refractivity contribution in [3.63, 3.8) is 0 Å². The van der Waals surface area contributed by atoms with Gasteiger partial charge in [-0.3, -0.25) is 4.79 Å². The van der Waals surface area contributed by atoms with Crippen LogP contribution in [-0.2, 0) is 9.53 Å². The Bertz CT molecular complexity index is 754. The summed E-state index contributed by atoms with van der Waals surface area (Å²) in [7, 11) is 1.27. The quantitative estimate of drug-likeness (QED) is 0.807. The van der Waals surface area contributed by atoms with Crippen LogP contribution in [0.15, 0.2) is 36.4 Å². The molecule has 0 atom stereocenters. The van der Waals surface area contributed by atoms with Crippen LogP contribution < -0.4 is 10.1 Å². The number of carbonyl (C=O) groups excluding carboxylic acids is 2. The van der Waals surface area contributed by atoms with Crippen LogP contribution in [0, 0.1) is 6.92 Å². The van der Waals surface area contributed by atoms with Gasteiger partial charge in [-0.25, -0.2) is 4.79 Å². The Balaban J connectivity index is 2.06. The molecule has 0 aliphatic rings. The summed E-state index contributed by atoms with van der Waals surface area (Å²) in [6.45, 7) is 1.51. The lowest BCUT2D eigenvalue weighted by atomic mass is 10.2. The highest BCUT2D eigenvalue weighted by atomic mass is 35.5. The zero-order valence-corrected chi connectivity index (χ0v) is 14.6. The highest BCUT2D eigenvalue weighted by molar-refractivity contribution is 6.35. The maximum Gasteiger partial charge on any atom is 0.339 e. The summed E-state index contributed by atoms with van der Waals surface area (Å²) in [5.74, 6) is -0.586. The Morgan fingerprint density at radius 1 is 1.17 bits per heavy atom. The third kappa shape index (κ3) is 4.40. The van der Waals surface area contributed by atoms with Gasteiger partial charge in [-0.15, -0.1) is 0 Å². The number of rotatable bonds is 5. The van der Waals surface area contributed by atoms with Crippen LogP contribution in [0.2, 0.25) is 10.0 Å². The Morgan fingerprint density at radius 2 is 1.88 bits per heavy atom. The van der Waals surface area contributed by atoms with Gasteiger partial charge < -0.3 is 14.8 Å². The van der Waals surface area contributed by atoms with E-state index in [4.69, 9.17) is 27.9 Å². The van der Waals surface area contributed by atoms with Gasteiger partial charge >= 0.3 is 5.97 Å². The fourth-order valence-electron chi connectivity index (χ4n) is 2.08. The summed E-state index contributed by atoms with van der Waals surface area (Å²) in [6.07, 6.45) is 0. The Labute approximate surface area is 149 Å². The molecule has 2 aromatic rings. The molecule has 0 unspecified atom stereocenters. The van der Waals surface area contributed by atoms with Crippen LogP contribution in [0.5, 0.6) is 5.75 Å². The van der Waals surface area contributed by atoms with Crippen LogP contribution >= 0.6 is 23.2 Å². The minimum absolute atomic E-state index is 0.258. The molecule has 0 spiro atoms. The monoisotopic (exact) mass is 367 g/mol. The van der Waals surface area contributed by atoms with Crippen molar-refractivity contribution in [3.05, 3.63) is 57.6 Å². The standard InChI is InChI=1S/C17H15Cl2NO4/c1-10-7-11(18)8-13(19)16(10)24-9-15(21)20-14-6-4-3-5-12(14)17(22)23-2/h3-8H,9H2,1-2H3,(H,20,21). The first-order valence-corrected chi connectivity index (χ1v) is 7.73. The first-order valence-electron chi connectivity index (χ1n) is 6.98. The van der Waals surface area contributed by atoms with Gasteiger partial charge in [0, 0.05) is 5.02 Å². The molecule has 0 aliphatic heterocycles. The van der Waals surface area contributed by atoms with E-state index in [0.29, 0.717) is 21.5 Å². The van der Waals surface area contributed by atoms with Crippen molar-refractivity contribution in [1.29, 1.82) is 0 Å². The fourth-order valence-corrected chi connectivity index (χ4v) is 2.73. The second kappa shape index (κ2) is 8.04. The Hall–Kier alpha value is -2.24. The molecule has 0 aliphatic carbocycles. The number of methoxy groups -OCH3 is 1. The number of hydrogen-bond donors (Lipinski definition) is 1. The van der Waals surface area contributed by atoms with Crippen molar-refractivity contribution >= 4 is 40.8 Å². The SMILES string of the molecule is COC(=O)c1ccccc1NC(=O)COc1c(C)cc(Cl)cc1Cl. The molecule has 7 heteroatoms. The Kier molecular flexibility index (Phi) is 6.06. The van der Waals surface area contributed by atoms with Crippen LogP contribution in [0.1, 0.15) is 15.9 Å². The number of halogens is 2. The lowest BCUT2D eigenvalue weighted by molar-refractivity contribution is -0.118. The van der Waals surface area contributed by atoms with Crippen molar-refractivity contribution in [2.45, 2.75) is 6.92 Å². The second-order valence-corrected chi connectivity index (χ2v) is 5.75. The number of esters is 1. The van der Waals surface area contributed by atoms with Crippen LogP contribution in [0.3, 0.4) is 0 Å². The van der Waals surface area contributed by atoms with Gasteiger partial charge in [-0.2, -0.15) is 0 Å². The molecule has 2 rings (SSSR count). The first-order chi connectivity index (χ1) is 11.4. The van der Waals surface area contributed by atoms with Gasteiger partial charge in [-0.05, 0) is 36.8 Å². The highest BCUT2D eigenvalue weighted by Crippen LogP contribution is 2.31. The molecule has 0 radical (unpaired) electrons. The van der Waals surface area contributed by atoms with Crippen LogP contribution in [0.25, 0.3) is 0 Å². The van der Waals surface area contributed by atoms with Crippen molar-refractivity contribution in [2.75, 3.05) is 19.0 Å². The number of benzene rings is 2. The number of amides is 1. The number of hydrogen-bond acceptors (Lipinski definition) is 4. The number of anilines is 1. The molecular weight excluding hydrogens is 353 g/mol. The smallest absolute Gasteiger partial charge is 0.339 e. The number of aryl methyl sites for hydroxylation is 1. The third-order valence-electron chi connectivity index (χ3n) is 3.15. The van der Waals surface area contributed by atoms with Crippen LogP contribution in [0.4, 0.5) is 5.69 Å². The number of nitrogens with one attached hydrogen (secondary N) is 1. The number of para-hydroxylation sites is 1. The van der Waals surface area contributed by atoms with Crippen molar-refractivity contribution in [1.82, 2.24) is 0 Å². The largest absolute Gasteiger partial charge is 0.482 e. The molecule has 1 amide bonds. The lowest BCUT2D eigenvalue weighted by Gasteiger charge is -2.13. The van der Waals surface area contributed by atoms with E-state index in [1.54, 1.807) is 37.3 Å². The van der Waals surface area contributed by atoms with E-state index >= 15 is 0 Å². The molecule has 0 aromatic heterocycles. The molecule has 5 nitrogen and oxygen atoms in total. The number of ether oxygens (including phenoxy) is 2. The van der Waals surface area contributed by atoms with E-state index in [-0.39, 0.29) is 12.2 Å². The summed E-state index contributed by atoms with van der Waals surface area (Å²) in [4.78, 5) is 23.8. The average Bonchev–Trinajstić information content (AvgIpc) is 2.53. The summed E-state index contributed by atoms with van der Waals surface area (Å²) >= 11 is 12.0. The van der Waals surface area contributed by atoms with Gasteiger partial charge in [0.2, 0.25) is 0 Å². The molecular formula is C17H15Cl2NO4. The van der Waals surface area contributed by atoms with Gasteiger partial charge in [0.05, 0.1) is 23.4 Å². The van der Waals surface area contributed by atoms with Crippen molar-refractivity contribution < 1.29 is 19.1 Å². The average molecular weight is 368 g/mol. The summed E-state index contributed by atoms with van der Waals surface area (Å²) in [5.41, 5.74) is 1.32. The maximum atomic E-state index is 12.1. The minimum atomic E-state index is -0.539. The molecule has 126 valence electrons. The van der Waals surface area contributed by atoms with E-state index < -0.39 is 11.9 Å². The second-order valence-electron chi connectivity index (χ2n) is 4.91. The predicted molar refractivity (Wildman–Crippen MR) is 93.1 cm³/mol. The normalized spacial score (nSPS) is 10.2. The molecule has 0 bridgehead atoms. The van der Waals surface area contributed by atoms with Gasteiger partial charge in [-0.1, -0.05) is 35.3 Å². The predicted octanol–water partition coefficient (Wildman–Crippen LogP) is 4.11. The maximum absolute atomic E-state index is 12.1. The zero-order valence-electron chi connectivity index (χ0n) is 13.1. The molecule has 0 fully saturated rings. The van der Waals surface area contributed by atoms with E-state index in [2.05, 4.69) is 10.1 Å². The lowest BCUT2D eigenvalue weighted by Crippen LogP contribution is -2.22. The van der Waals surface area contributed by atoms with E-state index in [0.717, 1.165) is 5.56 Å². The Morgan fingerprint density at radius 3 is 2.54 bits per heavy atom. The number of carbonyl (C=O) groups is 2. The molecule has 2 aromatic carbocycles. The molecule has 1 N–H and O–H groups in total. The fraction of sp³-hybridized carbons (Fsp3) is 0.176.